The van der Waals surface area contributed by atoms with Crippen LogP contribution in [0.25, 0.3) is 0 Å². The summed E-state index contributed by atoms with van der Waals surface area (Å²) in [6.45, 7) is 1.08. The molecule has 3 aliphatic rings. The molecule has 1 fully saturated rings. The molecule has 0 bridgehead atoms. The van der Waals surface area contributed by atoms with Crippen molar-refractivity contribution >= 4 is 35.3 Å². The van der Waals surface area contributed by atoms with Crippen molar-refractivity contribution in [1.82, 2.24) is 15.1 Å². The zero-order chi connectivity index (χ0) is 22.4. The standard InChI is InChI=1S/C22H20ClN5O4/c1-26-19-18(20(29)27(2)22(26)30)28(11-13-3-6-15(23)7-4-13)21(25-19)24-10-14-5-8-16-17(9-14)32-12-31-16/h3-9,18H,10-12H2,1-2H3/p+1. The normalized spacial score (nSPS) is 19.5. The summed E-state index contributed by atoms with van der Waals surface area (Å²) in [6, 6.07) is 12.0. The highest BCUT2D eigenvalue weighted by atomic mass is 35.5. The Hall–Kier alpha value is -3.59. The number of rotatable bonds is 4. The first-order valence-electron chi connectivity index (χ1n) is 10.1. The van der Waals surface area contributed by atoms with Gasteiger partial charge in [-0.15, -0.1) is 0 Å². The number of carbonyl (C=O) groups is 2. The van der Waals surface area contributed by atoms with Gasteiger partial charge in [-0.05, 0) is 35.4 Å². The van der Waals surface area contributed by atoms with E-state index in [1.54, 1.807) is 19.2 Å². The number of nitrogens with one attached hydrogen (secondary N) is 1. The van der Waals surface area contributed by atoms with Crippen molar-refractivity contribution in [3.05, 3.63) is 58.6 Å². The molecular formula is C22H21ClN5O4+. The number of aliphatic imine (C=N–C) groups is 1. The van der Waals surface area contributed by atoms with Crippen LogP contribution in [0.15, 0.2) is 47.5 Å². The van der Waals surface area contributed by atoms with Gasteiger partial charge in [0.25, 0.3) is 5.91 Å². The molecule has 2 aromatic carbocycles. The molecule has 9 nitrogen and oxygen atoms in total. The number of amides is 3. The van der Waals surface area contributed by atoms with E-state index in [4.69, 9.17) is 21.1 Å². The molecule has 10 heteroatoms. The van der Waals surface area contributed by atoms with Gasteiger partial charge in [0.15, 0.2) is 11.5 Å². The molecule has 3 amide bonds. The van der Waals surface area contributed by atoms with Crippen LogP contribution in [0.1, 0.15) is 11.1 Å². The highest BCUT2D eigenvalue weighted by molar-refractivity contribution is 6.30. The van der Waals surface area contributed by atoms with E-state index in [-0.39, 0.29) is 12.7 Å². The van der Waals surface area contributed by atoms with Crippen LogP contribution >= 0.6 is 11.6 Å². The summed E-state index contributed by atoms with van der Waals surface area (Å²) >= 11 is 6.03. The number of hydrogen-bond acceptors (Lipinski definition) is 6. The highest BCUT2D eigenvalue weighted by Crippen LogP contribution is 2.32. The average molecular weight is 455 g/mol. The van der Waals surface area contributed by atoms with Crippen molar-refractivity contribution in [3.63, 3.8) is 0 Å². The molecule has 5 rings (SSSR count). The fourth-order valence-corrected chi connectivity index (χ4v) is 4.05. The van der Waals surface area contributed by atoms with E-state index < -0.39 is 12.1 Å². The van der Waals surface area contributed by atoms with Gasteiger partial charge in [-0.2, -0.15) is 0 Å². The summed E-state index contributed by atoms with van der Waals surface area (Å²) in [4.78, 5) is 32.6. The number of hydrogen-bond donors (Lipinski definition) is 1. The van der Waals surface area contributed by atoms with Crippen LogP contribution < -0.4 is 14.8 Å². The number of imide groups is 1. The minimum absolute atomic E-state index is 0.212. The van der Waals surface area contributed by atoms with Gasteiger partial charge in [0.2, 0.25) is 18.7 Å². The van der Waals surface area contributed by atoms with Crippen molar-refractivity contribution in [1.29, 1.82) is 0 Å². The third-order valence-electron chi connectivity index (χ3n) is 5.68. The molecule has 164 valence electrons. The summed E-state index contributed by atoms with van der Waals surface area (Å²) in [6.07, 6.45) is 0. The number of amidine groups is 1. The number of halogens is 1. The van der Waals surface area contributed by atoms with Gasteiger partial charge in [-0.1, -0.05) is 34.8 Å². The second-order valence-corrected chi connectivity index (χ2v) is 8.17. The van der Waals surface area contributed by atoms with Crippen molar-refractivity contribution < 1.29 is 23.6 Å². The fraction of sp³-hybridized carbons (Fsp3) is 0.273. The summed E-state index contributed by atoms with van der Waals surface area (Å²) in [7, 11) is 3.11. The van der Waals surface area contributed by atoms with Crippen LogP contribution in [0, 0.1) is 0 Å². The average Bonchev–Trinajstić information content (AvgIpc) is 3.40. The van der Waals surface area contributed by atoms with Crippen molar-refractivity contribution in [2.45, 2.75) is 19.1 Å². The Morgan fingerprint density at radius 2 is 1.78 bits per heavy atom. The van der Waals surface area contributed by atoms with Crippen LogP contribution in [-0.4, -0.2) is 65.0 Å². The lowest BCUT2D eigenvalue weighted by Gasteiger charge is -2.31. The largest absolute Gasteiger partial charge is 0.454 e. The summed E-state index contributed by atoms with van der Waals surface area (Å²) in [5, 5.41) is 3.96. The first-order valence-corrected chi connectivity index (χ1v) is 10.4. The predicted octanol–water partition coefficient (Wildman–Crippen LogP) is 2.03. The maximum absolute atomic E-state index is 13.0. The zero-order valence-electron chi connectivity index (χ0n) is 17.5. The molecule has 2 aromatic rings. The summed E-state index contributed by atoms with van der Waals surface area (Å²) < 4.78 is 12.7. The number of nitrogens with zero attached hydrogens (tertiary/aromatic N) is 4. The molecule has 3 aliphatic heterocycles. The van der Waals surface area contributed by atoms with Crippen LogP contribution in [0.2, 0.25) is 5.02 Å². The zero-order valence-corrected chi connectivity index (χ0v) is 18.3. The third-order valence-corrected chi connectivity index (χ3v) is 5.94. The molecular weight excluding hydrogens is 434 g/mol. The number of ether oxygens (including phenoxy) is 2. The van der Waals surface area contributed by atoms with Crippen LogP contribution in [0.4, 0.5) is 4.79 Å². The number of urea groups is 1. The molecule has 1 unspecified atom stereocenters. The monoisotopic (exact) mass is 454 g/mol. The lowest BCUT2D eigenvalue weighted by molar-refractivity contribution is -0.553. The molecule has 0 spiro atoms. The number of guanidine groups is 1. The molecule has 1 saturated heterocycles. The highest BCUT2D eigenvalue weighted by Gasteiger charge is 2.51. The smallest absolute Gasteiger partial charge is 0.390 e. The van der Waals surface area contributed by atoms with Crippen LogP contribution in [0.5, 0.6) is 11.5 Å². The minimum atomic E-state index is -0.697. The topological polar surface area (TPSA) is 86.5 Å². The summed E-state index contributed by atoms with van der Waals surface area (Å²) in [5.41, 5.74) is 1.93. The fourth-order valence-electron chi connectivity index (χ4n) is 3.92. The second kappa shape index (κ2) is 7.83. The first kappa shape index (κ1) is 20.3. The van der Waals surface area contributed by atoms with Crippen LogP contribution in [-0.2, 0) is 17.9 Å². The molecule has 1 N–H and O–H groups in total. The van der Waals surface area contributed by atoms with Crippen molar-refractivity contribution in [2.24, 2.45) is 4.99 Å². The number of carbonyl (C=O) groups excluding carboxylic acids is 2. The third kappa shape index (κ3) is 3.44. The van der Waals surface area contributed by atoms with E-state index in [2.05, 4.69) is 10.3 Å². The van der Waals surface area contributed by atoms with E-state index in [9.17, 15) is 9.59 Å². The van der Waals surface area contributed by atoms with Crippen LogP contribution in [0.3, 0.4) is 0 Å². The van der Waals surface area contributed by atoms with Crippen molar-refractivity contribution in [2.75, 3.05) is 20.9 Å². The first-order chi connectivity index (χ1) is 15.4. The maximum atomic E-state index is 13.0. The van der Waals surface area contributed by atoms with E-state index in [1.807, 2.05) is 34.9 Å². The molecule has 0 aromatic heterocycles. The summed E-state index contributed by atoms with van der Waals surface area (Å²) in [5.74, 6) is 2.01. The number of fused-ring (bicyclic) bond motifs is 2. The molecule has 0 saturated carbocycles. The van der Waals surface area contributed by atoms with Gasteiger partial charge in [-0.25, -0.2) is 9.37 Å². The molecule has 0 radical (unpaired) electrons. The second-order valence-electron chi connectivity index (χ2n) is 7.73. The Bertz CT molecular complexity index is 1180. The SMILES string of the molecule is CN1C(=O)C2C(=NC(NCc3ccc4c(c3)OCO4)=[N+]2Cc2ccc(Cl)cc2)N(C)C1=O. The maximum Gasteiger partial charge on any atom is 0.390 e. The van der Waals surface area contributed by atoms with Crippen molar-refractivity contribution in [3.8, 4) is 11.5 Å². The minimum Gasteiger partial charge on any atom is -0.454 e. The Kier molecular flexibility index (Phi) is 4.97. The van der Waals surface area contributed by atoms with E-state index in [0.29, 0.717) is 41.4 Å². The molecule has 3 heterocycles. The van der Waals surface area contributed by atoms with Gasteiger partial charge in [-0.3, -0.25) is 19.9 Å². The van der Waals surface area contributed by atoms with Gasteiger partial charge in [0.05, 0.1) is 13.1 Å². The Balaban J connectivity index is 1.47. The Labute approximate surface area is 189 Å². The lowest BCUT2D eigenvalue weighted by atomic mass is 10.1. The van der Waals surface area contributed by atoms with Gasteiger partial charge >= 0.3 is 12.0 Å². The van der Waals surface area contributed by atoms with E-state index in [1.165, 1.54) is 11.9 Å². The van der Waals surface area contributed by atoms with E-state index >= 15 is 0 Å². The number of benzene rings is 2. The Morgan fingerprint density at radius 1 is 1.06 bits per heavy atom. The molecule has 1 atom stereocenters. The van der Waals surface area contributed by atoms with Gasteiger partial charge in [0.1, 0.15) is 0 Å². The van der Waals surface area contributed by atoms with Gasteiger partial charge < -0.3 is 9.47 Å². The predicted molar refractivity (Wildman–Crippen MR) is 117 cm³/mol. The lowest BCUT2D eigenvalue weighted by Crippen LogP contribution is -2.61. The van der Waals surface area contributed by atoms with E-state index in [0.717, 1.165) is 16.0 Å². The molecule has 0 aliphatic carbocycles. The Morgan fingerprint density at radius 3 is 2.56 bits per heavy atom. The number of likely N-dealkylation sites (N-methyl/N-ethyl adjacent to an activating group) is 2. The quantitative estimate of drug-likeness (QED) is 0.714. The van der Waals surface area contributed by atoms with Gasteiger partial charge in [0, 0.05) is 19.1 Å². The molecule has 32 heavy (non-hydrogen) atoms.